The van der Waals surface area contributed by atoms with E-state index in [0.717, 1.165) is 13.0 Å². The lowest BCUT2D eigenvalue weighted by atomic mass is 9.97. The largest absolute Gasteiger partial charge is 0.309 e. The fraction of sp³-hybridized carbons (Fsp3) is 0.474. The van der Waals surface area contributed by atoms with Gasteiger partial charge in [-0.1, -0.05) is 36.8 Å². The Morgan fingerprint density at radius 1 is 1.19 bits per heavy atom. The summed E-state index contributed by atoms with van der Waals surface area (Å²) in [7, 11) is 0. The Morgan fingerprint density at radius 3 is 2.81 bits per heavy atom. The van der Waals surface area contributed by atoms with Gasteiger partial charge in [-0.15, -0.1) is 11.3 Å². The summed E-state index contributed by atoms with van der Waals surface area (Å²) in [5, 5.41) is 3.69. The molecule has 0 saturated carbocycles. The monoisotopic (exact) mass is 299 g/mol. The second-order valence-electron chi connectivity index (χ2n) is 6.11. The average molecular weight is 299 g/mol. The molecule has 0 spiro atoms. The van der Waals surface area contributed by atoms with E-state index in [0.29, 0.717) is 6.04 Å². The van der Waals surface area contributed by atoms with Gasteiger partial charge in [0.15, 0.2) is 0 Å². The summed E-state index contributed by atoms with van der Waals surface area (Å²) in [4.78, 5) is 3.17. The van der Waals surface area contributed by atoms with Crippen molar-refractivity contribution in [2.24, 2.45) is 0 Å². The van der Waals surface area contributed by atoms with Gasteiger partial charge in [0.2, 0.25) is 0 Å². The molecule has 0 fully saturated rings. The van der Waals surface area contributed by atoms with Crippen LogP contribution in [-0.2, 0) is 19.3 Å². The van der Waals surface area contributed by atoms with Crippen LogP contribution in [0.5, 0.6) is 0 Å². The highest BCUT2D eigenvalue weighted by atomic mass is 32.1. The normalized spacial score (nSPS) is 15.7. The van der Waals surface area contributed by atoms with Crippen molar-refractivity contribution in [1.82, 2.24) is 5.32 Å². The molecular weight excluding hydrogens is 274 g/mol. The summed E-state index contributed by atoms with van der Waals surface area (Å²) in [6, 6.07) is 11.9. The molecule has 2 aromatic rings. The standard InChI is InChI=1S/C19H25NS/c1-3-20-17(12-15-8-6-7-14(2)11-15)19-13-16-9-4-5-10-18(16)21-19/h6-8,11,13,17,20H,3-5,9-10,12H2,1-2H3. The fourth-order valence-electron chi connectivity index (χ4n) is 3.28. The van der Waals surface area contributed by atoms with Gasteiger partial charge in [0.1, 0.15) is 0 Å². The summed E-state index contributed by atoms with van der Waals surface area (Å²) in [6.07, 6.45) is 6.41. The van der Waals surface area contributed by atoms with E-state index in [1.54, 1.807) is 10.4 Å². The van der Waals surface area contributed by atoms with Crippen molar-refractivity contribution in [2.45, 2.75) is 52.0 Å². The number of thiophene rings is 1. The molecule has 1 aliphatic rings. The molecule has 0 saturated heterocycles. The van der Waals surface area contributed by atoms with E-state index in [2.05, 4.69) is 49.5 Å². The van der Waals surface area contributed by atoms with Gasteiger partial charge in [0, 0.05) is 15.8 Å². The minimum atomic E-state index is 0.465. The minimum Gasteiger partial charge on any atom is -0.309 e. The van der Waals surface area contributed by atoms with Crippen molar-refractivity contribution in [2.75, 3.05) is 6.54 Å². The second kappa shape index (κ2) is 6.76. The Morgan fingerprint density at radius 2 is 2.05 bits per heavy atom. The first-order valence-corrected chi connectivity index (χ1v) is 8.98. The maximum atomic E-state index is 3.69. The average Bonchev–Trinajstić information content (AvgIpc) is 2.91. The van der Waals surface area contributed by atoms with Gasteiger partial charge >= 0.3 is 0 Å². The van der Waals surface area contributed by atoms with Gasteiger partial charge in [-0.25, -0.2) is 0 Å². The zero-order chi connectivity index (χ0) is 14.7. The van der Waals surface area contributed by atoms with E-state index in [9.17, 15) is 0 Å². The third-order valence-corrected chi connectivity index (χ3v) is 5.68. The molecule has 1 N–H and O–H groups in total. The van der Waals surface area contributed by atoms with Crippen LogP contribution in [0, 0.1) is 6.92 Å². The molecule has 112 valence electrons. The molecule has 1 atom stereocenters. The molecule has 1 unspecified atom stereocenters. The second-order valence-corrected chi connectivity index (χ2v) is 7.28. The Hall–Kier alpha value is -1.12. The van der Waals surface area contributed by atoms with Gasteiger partial charge in [0.25, 0.3) is 0 Å². The smallest absolute Gasteiger partial charge is 0.0455 e. The fourth-order valence-corrected chi connectivity index (χ4v) is 4.61. The number of hydrogen-bond donors (Lipinski definition) is 1. The molecule has 1 nitrogen and oxygen atoms in total. The first-order valence-electron chi connectivity index (χ1n) is 8.16. The van der Waals surface area contributed by atoms with Crippen LogP contribution in [0.3, 0.4) is 0 Å². The molecule has 3 rings (SSSR count). The van der Waals surface area contributed by atoms with Crippen molar-refractivity contribution >= 4 is 11.3 Å². The highest BCUT2D eigenvalue weighted by Crippen LogP contribution is 2.34. The van der Waals surface area contributed by atoms with Crippen molar-refractivity contribution in [3.8, 4) is 0 Å². The molecule has 1 heterocycles. The molecule has 0 amide bonds. The zero-order valence-corrected chi connectivity index (χ0v) is 13.9. The van der Waals surface area contributed by atoms with Crippen molar-refractivity contribution in [1.29, 1.82) is 0 Å². The molecular formula is C19H25NS. The molecule has 0 radical (unpaired) electrons. The molecule has 2 heteroatoms. The molecule has 21 heavy (non-hydrogen) atoms. The molecule has 1 aromatic carbocycles. The summed E-state index contributed by atoms with van der Waals surface area (Å²) in [5.74, 6) is 0. The Labute approximate surface area is 132 Å². The van der Waals surface area contributed by atoms with Gasteiger partial charge in [-0.2, -0.15) is 0 Å². The molecule has 1 aliphatic carbocycles. The molecule has 0 bridgehead atoms. The maximum Gasteiger partial charge on any atom is 0.0455 e. The lowest BCUT2D eigenvalue weighted by molar-refractivity contribution is 0.557. The number of aryl methyl sites for hydroxylation is 3. The molecule has 1 aromatic heterocycles. The van der Waals surface area contributed by atoms with Crippen LogP contribution in [0.15, 0.2) is 30.3 Å². The van der Waals surface area contributed by atoms with E-state index in [-0.39, 0.29) is 0 Å². The van der Waals surface area contributed by atoms with Crippen LogP contribution < -0.4 is 5.32 Å². The summed E-state index contributed by atoms with van der Waals surface area (Å²) in [5.41, 5.74) is 4.41. The predicted octanol–water partition coefficient (Wildman–Crippen LogP) is 4.83. The highest BCUT2D eigenvalue weighted by molar-refractivity contribution is 7.12. The van der Waals surface area contributed by atoms with Gasteiger partial charge < -0.3 is 5.32 Å². The number of hydrogen-bond acceptors (Lipinski definition) is 2. The summed E-state index contributed by atoms with van der Waals surface area (Å²) < 4.78 is 0. The third kappa shape index (κ3) is 3.56. The van der Waals surface area contributed by atoms with Crippen molar-refractivity contribution < 1.29 is 0 Å². The van der Waals surface area contributed by atoms with Crippen LogP contribution in [-0.4, -0.2) is 6.54 Å². The van der Waals surface area contributed by atoms with Gasteiger partial charge in [-0.3, -0.25) is 0 Å². The lowest BCUT2D eigenvalue weighted by Gasteiger charge is -2.17. The summed E-state index contributed by atoms with van der Waals surface area (Å²) in [6.45, 7) is 5.41. The Kier molecular flexibility index (Phi) is 4.77. The van der Waals surface area contributed by atoms with Gasteiger partial charge in [-0.05, 0) is 62.8 Å². The quantitative estimate of drug-likeness (QED) is 0.834. The van der Waals surface area contributed by atoms with Crippen LogP contribution >= 0.6 is 11.3 Å². The third-order valence-electron chi connectivity index (χ3n) is 4.33. The minimum absolute atomic E-state index is 0.465. The topological polar surface area (TPSA) is 12.0 Å². The lowest BCUT2D eigenvalue weighted by Crippen LogP contribution is -2.22. The maximum absolute atomic E-state index is 3.69. The van der Waals surface area contributed by atoms with Crippen LogP contribution in [0.1, 0.15) is 52.3 Å². The predicted molar refractivity (Wildman–Crippen MR) is 92.3 cm³/mol. The SMILES string of the molecule is CCNC(Cc1cccc(C)c1)c1cc2c(s1)CCCC2. The Bertz CT molecular complexity index is 576. The zero-order valence-electron chi connectivity index (χ0n) is 13.1. The number of benzene rings is 1. The van der Waals surface area contributed by atoms with E-state index >= 15 is 0 Å². The van der Waals surface area contributed by atoms with Crippen molar-refractivity contribution in [3.05, 3.63) is 56.8 Å². The number of rotatable bonds is 5. The highest BCUT2D eigenvalue weighted by Gasteiger charge is 2.19. The number of likely N-dealkylation sites (N-methyl/N-ethyl adjacent to an activating group) is 1. The molecule has 0 aliphatic heterocycles. The van der Waals surface area contributed by atoms with E-state index in [1.807, 2.05) is 11.3 Å². The van der Waals surface area contributed by atoms with Crippen molar-refractivity contribution in [3.63, 3.8) is 0 Å². The number of nitrogens with one attached hydrogen (secondary N) is 1. The number of fused-ring (bicyclic) bond motifs is 1. The van der Waals surface area contributed by atoms with E-state index in [1.165, 1.54) is 41.7 Å². The first-order chi connectivity index (χ1) is 10.3. The Balaban J connectivity index is 1.82. The van der Waals surface area contributed by atoms with Crippen LogP contribution in [0.2, 0.25) is 0 Å². The summed E-state index contributed by atoms with van der Waals surface area (Å²) >= 11 is 2.04. The first kappa shape index (κ1) is 14.8. The van der Waals surface area contributed by atoms with E-state index < -0.39 is 0 Å². The van der Waals surface area contributed by atoms with Crippen LogP contribution in [0.25, 0.3) is 0 Å². The van der Waals surface area contributed by atoms with Gasteiger partial charge in [0.05, 0.1) is 0 Å². The van der Waals surface area contributed by atoms with E-state index in [4.69, 9.17) is 0 Å². The van der Waals surface area contributed by atoms with Crippen LogP contribution in [0.4, 0.5) is 0 Å².